The third kappa shape index (κ3) is 8.53. The summed E-state index contributed by atoms with van der Waals surface area (Å²) in [6.07, 6.45) is 2.64. The standard InChI is InChI=1S/C20H30ClIN2O3.H2S/c1-19(2,3)15(23-18(25)27-20(4,5)6)10-13-9-14(16(21)24-17(13)22)26-11-12-7-8-12;/h9,12,15H,7-8,10-11H2,1-6H3,(H,23,25);1H2/t15-;/m0./s1. The number of carbonyl (C=O) groups excluding carboxylic acids is 1. The van der Waals surface area contributed by atoms with Gasteiger partial charge in [0.15, 0.2) is 10.9 Å². The maximum absolute atomic E-state index is 12.3. The minimum Gasteiger partial charge on any atom is -0.490 e. The molecule has 0 spiro atoms. The molecule has 1 atom stereocenters. The smallest absolute Gasteiger partial charge is 0.407 e. The van der Waals surface area contributed by atoms with Gasteiger partial charge in [0.05, 0.1) is 6.61 Å². The molecule has 0 aromatic carbocycles. The lowest BCUT2D eigenvalue weighted by atomic mass is 9.83. The van der Waals surface area contributed by atoms with Gasteiger partial charge in [-0.3, -0.25) is 0 Å². The number of aromatic nitrogens is 1. The maximum Gasteiger partial charge on any atom is 0.407 e. The summed E-state index contributed by atoms with van der Waals surface area (Å²) in [6.45, 7) is 12.5. The first kappa shape index (κ1) is 25.6. The van der Waals surface area contributed by atoms with Gasteiger partial charge < -0.3 is 14.8 Å². The number of halogens is 2. The van der Waals surface area contributed by atoms with Gasteiger partial charge in [-0.2, -0.15) is 13.5 Å². The van der Waals surface area contributed by atoms with Crippen molar-refractivity contribution in [2.75, 3.05) is 6.61 Å². The molecule has 0 saturated heterocycles. The number of carbonyl (C=O) groups is 1. The number of nitrogens with zero attached hydrogens (tertiary/aromatic N) is 1. The first-order valence-corrected chi connectivity index (χ1v) is 10.8. The van der Waals surface area contributed by atoms with Crippen LogP contribution in [0.2, 0.25) is 5.15 Å². The molecule has 1 heterocycles. The van der Waals surface area contributed by atoms with E-state index in [2.05, 4.69) is 53.7 Å². The van der Waals surface area contributed by atoms with Gasteiger partial charge in [-0.25, -0.2) is 9.78 Å². The number of ether oxygens (including phenoxy) is 2. The van der Waals surface area contributed by atoms with Crippen LogP contribution in [0.4, 0.5) is 4.79 Å². The molecule has 1 aromatic rings. The van der Waals surface area contributed by atoms with Crippen LogP contribution in [-0.2, 0) is 11.2 Å². The Hall–Kier alpha value is -0.410. The molecule has 28 heavy (non-hydrogen) atoms. The molecule has 8 heteroatoms. The Morgan fingerprint density at radius 3 is 2.43 bits per heavy atom. The van der Waals surface area contributed by atoms with E-state index in [0.717, 1.165) is 9.26 Å². The van der Waals surface area contributed by atoms with Crippen molar-refractivity contribution in [3.05, 3.63) is 20.5 Å². The van der Waals surface area contributed by atoms with Crippen molar-refractivity contribution in [1.82, 2.24) is 10.3 Å². The van der Waals surface area contributed by atoms with Crippen LogP contribution in [0.25, 0.3) is 0 Å². The fourth-order valence-corrected chi connectivity index (χ4v) is 3.42. The van der Waals surface area contributed by atoms with Crippen molar-refractivity contribution in [2.45, 2.75) is 72.4 Å². The third-order valence-electron chi connectivity index (χ3n) is 4.30. The van der Waals surface area contributed by atoms with Gasteiger partial charge in [0, 0.05) is 6.04 Å². The Morgan fingerprint density at radius 1 is 1.32 bits per heavy atom. The van der Waals surface area contributed by atoms with Gasteiger partial charge in [-0.15, -0.1) is 0 Å². The number of amides is 1. The minimum atomic E-state index is -0.535. The van der Waals surface area contributed by atoms with Crippen molar-refractivity contribution >= 4 is 53.8 Å². The van der Waals surface area contributed by atoms with Crippen molar-refractivity contribution in [3.63, 3.8) is 0 Å². The molecule has 1 saturated carbocycles. The second-order valence-electron chi connectivity index (χ2n) is 9.25. The van der Waals surface area contributed by atoms with E-state index in [9.17, 15) is 4.79 Å². The zero-order valence-electron chi connectivity index (χ0n) is 17.5. The summed E-state index contributed by atoms with van der Waals surface area (Å²) < 4.78 is 12.1. The van der Waals surface area contributed by atoms with E-state index in [0.29, 0.717) is 29.8 Å². The lowest BCUT2D eigenvalue weighted by Gasteiger charge is -2.32. The van der Waals surface area contributed by atoms with Crippen LogP contribution in [0.15, 0.2) is 6.07 Å². The van der Waals surface area contributed by atoms with Gasteiger partial charge in [-0.1, -0.05) is 32.4 Å². The summed E-state index contributed by atoms with van der Waals surface area (Å²) in [5.41, 5.74) is 0.308. The zero-order valence-corrected chi connectivity index (χ0v) is 21.4. The first-order valence-electron chi connectivity index (χ1n) is 9.32. The van der Waals surface area contributed by atoms with Gasteiger partial charge >= 0.3 is 6.09 Å². The highest BCUT2D eigenvalue weighted by molar-refractivity contribution is 14.1. The molecule has 2 rings (SSSR count). The Kier molecular flexibility index (Phi) is 9.21. The number of hydrogen-bond acceptors (Lipinski definition) is 4. The van der Waals surface area contributed by atoms with Crippen LogP contribution in [0.1, 0.15) is 59.9 Å². The van der Waals surface area contributed by atoms with E-state index in [4.69, 9.17) is 21.1 Å². The number of alkyl carbamates (subject to hydrolysis) is 1. The molecule has 0 unspecified atom stereocenters. The number of nitrogens with one attached hydrogen (secondary N) is 1. The molecule has 5 nitrogen and oxygen atoms in total. The fourth-order valence-electron chi connectivity index (χ4n) is 2.47. The largest absolute Gasteiger partial charge is 0.490 e. The van der Waals surface area contributed by atoms with E-state index < -0.39 is 11.7 Å². The van der Waals surface area contributed by atoms with Gasteiger partial charge in [0.25, 0.3) is 0 Å². The monoisotopic (exact) mass is 542 g/mol. The molecule has 0 aliphatic heterocycles. The number of pyridine rings is 1. The fraction of sp³-hybridized carbons (Fsp3) is 0.700. The summed E-state index contributed by atoms with van der Waals surface area (Å²) in [5.74, 6) is 1.25. The Balaban J connectivity index is 0.00000392. The lowest BCUT2D eigenvalue weighted by molar-refractivity contribution is 0.0464. The zero-order chi connectivity index (χ0) is 20.4. The molecule has 1 aliphatic carbocycles. The Bertz CT molecular complexity index is 685. The van der Waals surface area contributed by atoms with E-state index in [-0.39, 0.29) is 25.0 Å². The molecule has 1 aliphatic rings. The molecule has 1 fully saturated rings. The second-order valence-corrected chi connectivity index (χ2v) is 10.6. The Labute approximate surface area is 194 Å². The summed E-state index contributed by atoms with van der Waals surface area (Å²) in [4.78, 5) is 16.7. The normalized spacial score (nSPS) is 15.4. The average Bonchev–Trinajstić information content (AvgIpc) is 3.29. The van der Waals surface area contributed by atoms with Gasteiger partial charge in [0.2, 0.25) is 0 Å². The predicted molar refractivity (Wildman–Crippen MR) is 127 cm³/mol. The molecule has 160 valence electrons. The van der Waals surface area contributed by atoms with Gasteiger partial charge in [0.1, 0.15) is 9.30 Å². The number of hydrogen-bond donors (Lipinski definition) is 1. The van der Waals surface area contributed by atoms with E-state index in [1.165, 1.54) is 12.8 Å². The Morgan fingerprint density at radius 2 is 1.93 bits per heavy atom. The summed E-state index contributed by atoms with van der Waals surface area (Å²) in [6, 6.07) is 1.83. The summed E-state index contributed by atoms with van der Waals surface area (Å²) in [5, 5.41) is 3.40. The average molecular weight is 543 g/mol. The quantitative estimate of drug-likeness (QED) is 0.369. The van der Waals surface area contributed by atoms with Crippen LogP contribution in [0.3, 0.4) is 0 Å². The van der Waals surface area contributed by atoms with Crippen molar-refractivity contribution in [2.24, 2.45) is 11.3 Å². The molecule has 0 bridgehead atoms. The maximum atomic E-state index is 12.3. The first-order chi connectivity index (χ1) is 12.3. The van der Waals surface area contributed by atoms with Crippen LogP contribution in [0.5, 0.6) is 5.75 Å². The molecule has 1 aromatic heterocycles. The molecule has 1 amide bonds. The van der Waals surface area contributed by atoms with Crippen LogP contribution >= 0.6 is 47.7 Å². The topological polar surface area (TPSA) is 60.5 Å². The van der Waals surface area contributed by atoms with Crippen LogP contribution < -0.4 is 10.1 Å². The predicted octanol–water partition coefficient (Wildman–Crippen LogP) is 5.72. The third-order valence-corrected chi connectivity index (χ3v) is 5.51. The minimum absolute atomic E-state index is 0. The van der Waals surface area contributed by atoms with E-state index in [1.54, 1.807) is 0 Å². The summed E-state index contributed by atoms with van der Waals surface area (Å²) >= 11 is 8.44. The molecule has 1 N–H and O–H groups in total. The van der Waals surface area contributed by atoms with Crippen molar-refractivity contribution in [1.29, 1.82) is 0 Å². The second kappa shape index (κ2) is 10.1. The number of rotatable bonds is 6. The van der Waals surface area contributed by atoms with E-state index in [1.807, 2.05) is 26.8 Å². The van der Waals surface area contributed by atoms with Crippen molar-refractivity contribution < 1.29 is 14.3 Å². The SMILES string of the molecule is CC(C)(C)OC(=O)N[C@@H](Cc1cc(OCC2CC2)c(Cl)nc1I)C(C)(C)C.S. The van der Waals surface area contributed by atoms with Gasteiger partial charge in [-0.05, 0) is 85.6 Å². The molecular weight excluding hydrogens is 511 g/mol. The highest BCUT2D eigenvalue weighted by Crippen LogP contribution is 2.33. The summed E-state index contributed by atoms with van der Waals surface area (Å²) in [7, 11) is 0. The van der Waals surface area contributed by atoms with Crippen LogP contribution in [-0.4, -0.2) is 29.3 Å². The van der Waals surface area contributed by atoms with Crippen molar-refractivity contribution in [3.8, 4) is 5.75 Å². The highest BCUT2D eigenvalue weighted by atomic mass is 127. The van der Waals surface area contributed by atoms with Crippen LogP contribution in [0, 0.1) is 15.0 Å². The molecule has 0 radical (unpaired) electrons. The highest BCUT2D eigenvalue weighted by Gasteiger charge is 2.30. The lowest BCUT2D eigenvalue weighted by Crippen LogP contribution is -2.47. The molecular formula is C20H32ClIN2O3S. The van der Waals surface area contributed by atoms with E-state index >= 15 is 0 Å².